The van der Waals surface area contributed by atoms with Crippen LogP contribution in [0, 0.1) is 5.92 Å². The minimum absolute atomic E-state index is 0.576. The molecule has 0 N–H and O–H groups in total. The summed E-state index contributed by atoms with van der Waals surface area (Å²) < 4.78 is 9.99. The van der Waals surface area contributed by atoms with E-state index in [1.807, 2.05) is 18.7 Å². The lowest BCUT2D eigenvalue weighted by Gasteiger charge is -2.32. The highest BCUT2D eigenvalue weighted by atomic mass is 16.5. The number of hydrogen-bond donors (Lipinski definition) is 0. The summed E-state index contributed by atoms with van der Waals surface area (Å²) in [4.78, 5) is 4.09. The molecular formula is C16H23N5O. The van der Waals surface area contributed by atoms with Gasteiger partial charge in [-0.15, -0.1) is 10.2 Å². The van der Waals surface area contributed by atoms with Crippen LogP contribution in [0.25, 0.3) is 0 Å². The Morgan fingerprint density at radius 1 is 1.18 bits per heavy atom. The van der Waals surface area contributed by atoms with Gasteiger partial charge in [-0.05, 0) is 31.6 Å². The quantitative estimate of drug-likeness (QED) is 0.867. The third kappa shape index (κ3) is 2.67. The molecule has 2 aromatic rings. The maximum absolute atomic E-state index is 5.51. The summed E-state index contributed by atoms with van der Waals surface area (Å²) in [7, 11) is 0. The van der Waals surface area contributed by atoms with Crippen LogP contribution in [-0.4, -0.2) is 37.5 Å². The minimum Gasteiger partial charge on any atom is -0.381 e. The van der Waals surface area contributed by atoms with E-state index < -0.39 is 0 Å². The molecule has 0 aromatic carbocycles. The van der Waals surface area contributed by atoms with E-state index in [4.69, 9.17) is 4.74 Å². The highest BCUT2D eigenvalue weighted by Gasteiger charge is 2.32. The summed E-state index contributed by atoms with van der Waals surface area (Å²) in [5.74, 6) is 3.64. The first-order chi connectivity index (χ1) is 10.9. The van der Waals surface area contributed by atoms with E-state index in [2.05, 4.69) is 24.3 Å². The molecule has 118 valence electrons. The summed E-state index contributed by atoms with van der Waals surface area (Å²) in [5.41, 5.74) is 0. The van der Waals surface area contributed by atoms with Crippen LogP contribution in [-0.2, 0) is 24.2 Å². The molecule has 22 heavy (non-hydrogen) atoms. The second kappa shape index (κ2) is 6.20. The molecule has 1 fully saturated rings. The predicted octanol–water partition coefficient (Wildman–Crippen LogP) is 2.02. The van der Waals surface area contributed by atoms with E-state index in [9.17, 15) is 0 Å². The number of rotatable bonds is 4. The molecule has 2 aliphatic heterocycles. The topological polar surface area (TPSA) is 57.8 Å². The first-order valence-electron chi connectivity index (χ1n) is 8.37. The van der Waals surface area contributed by atoms with Crippen molar-refractivity contribution in [1.82, 2.24) is 24.3 Å². The van der Waals surface area contributed by atoms with Gasteiger partial charge in [-0.1, -0.05) is 0 Å². The van der Waals surface area contributed by atoms with E-state index in [1.165, 1.54) is 31.5 Å². The number of hydrogen-bond acceptors (Lipinski definition) is 4. The number of nitrogens with zero attached hydrogens (tertiary/aromatic N) is 5. The monoisotopic (exact) mass is 301 g/mol. The Labute approximate surface area is 130 Å². The lowest BCUT2D eigenvalue weighted by atomic mass is 9.81. The van der Waals surface area contributed by atoms with E-state index in [0.29, 0.717) is 5.92 Å². The van der Waals surface area contributed by atoms with Gasteiger partial charge < -0.3 is 13.9 Å². The molecule has 1 unspecified atom stereocenters. The van der Waals surface area contributed by atoms with E-state index >= 15 is 0 Å². The Balaban J connectivity index is 1.50. The largest absolute Gasteiger partial charge is 0.381 e. The Morgan fingerprint density at radius 2 is 2.09 bits per heavy atom. The fourth-order valence-corrected chi connectivity index (χ4v) is 3.86. The van der Waals surface area contributed by atoms with Crippen molar-refractivity contribution in [3.05, 3.63) is 30.4 Å². The van der Waals surface area contributed by atoms with Gasteiger partial charge in [0.1, 0.15) is 11.6 Å². The zero-order valence-corrected chi connectivity index (χ0v) is 12.9. The Kier molecular flexibility index (Phi) is 3.93. The van der Waals surface area contributed by atoms with Gasteiger partial charge in [-0.2, -0.15) is 0 Å². The normalized spacial score (nSPS) is 22.6. The van der Waals surface area contributed by atoms with Crippen molar-refractivity contribution in [3.63, 3.8) is 0 Å². The SMILES string of the molecule is c1cn(CCc2nnc3n2CCCC3C2CCOCC2)cn1. The maximum atomic E-state index is 5.51. The molecule has 0 amide bonds. The summed E-state index contributed by atoms with van der Waals surface area (Å²) in [6.45, 7) is 3.80. The highest BCUT2D eigenvalue weighted by molar-refractivity contribution is 5.07. The van der Waals surface area contributed by atoms with Crippen LogP contribution >= 0.6 is 0 Å². The Bertz CT molecular complexity index is 600. The second-order valence-corrected chi connectivity index (χ2v) is 6.38. The lowest BCUT2D eigenvalue weighted by Crippen LogP contribution is -2.28. The molecule has 4 heterocycles. The van der Waals surface area contributed by atoms with Crippen LogP contribution in [0.5, 0.6) is 0 Å². The van der Waals surface area contributed by atoms with Gasteiger partial charge in [0.25, 0.3) is 0 Å². The number of aryl methyl sites for hydroxylation is 2. The minimum atomic E-state index is 0.576. The van der Waals surface area contributed by atoms with Crippen LogP contribution in [0.3, 0.4) is 0 Å². The van der Waals surface area contributed by atoms with Crippen molar-refractivity contribution >= 4 is 0 Å². The molecule has 0 radical (unpaired) electrons. The summed E-state index contributed by atoms with van der Waals surface area (Å²) >= 11 is 0. The lowest BCUT2D eigenvalue weighted by molar-refractivity contribution is 0.0533. The second-order valence-electron chi connectivity index (χ2n) is 6.38. The zero-order chi connectivity index (χ0) is 14.8. The summed E-state index contributed by atoms with van der Waals surface area (Å²) in [6.07, 6.45) is 11.4. The molecular weight excluding hydrogens is 278 g/mol. The van der Waals surface area contributed by atoms with Crippen LogP contribution in [0.2, 0.25) is 0 Å². The highest BCUT2D eigenvalue weighted by Crippen LogP contribution is 2.37. The molecule has 4 rings (SSSR count). The third-order valence-electron chi connectivity index (χ3n) is 5.07. The maximum Gasteiger partial charge on any atom is 0.136 e. The van der Waals surface area contributed by atoms with Crippen molar-refractivity contribution in [2.45, 2.75) is 51.1 Å². The standard InChI is InChI=1S/C16H23N5O/c1-2-14(13-4-10-22-11-5-13)16-19-18-15(21(16)7-1)3-8-20-9-6-17-12-20/h6,9,12-14H,1-5,7-8,10-11H2. The molecule has 0 bridgehead atoms. The van der Waals surface area contributed by atoms with Gasteiger partial charge in [0.2, 0.25) is 0 Å². The molecule has 2 aromatic heterocycles. The van der Waals surface area contributed by atoms with Gasteiger partial charge in [-0.3, -0.25) is 0 Å². The molecule has 1 saturated heterocycles. The van der Waals surface area contributed by atoms with Crippen LogP contribution in [0.1, 0.15) is 43.3 Å². The Morgan fingerprint density at radius 3 is 2.91 bits per heavy atom. The Hall–Kier alpha value is -1.69. The van der Waals surface area contributed by atoms with E-state index in [0.717, 1.165) is 44.5 Å². The number of ether oxygens (including phenoxy) is 1. The van der Waals surface area contributed by atoms with Crippen molar-refractivity contribution in [1.29, 1.82) is 0 Å². The zero-order valence-electron chi connectivity index (χ0n) is 12.9. The predicted molar refractivity (Wildman–Crippen MR) is 81.5 cm³/mol. The van der Waals surface area contributed by atoms with Gasteiger partial charge in [-0.25, -0.2) is 4.98 Å². The molecule has 6 heteroatoms. The first-order valence-corrected chi connectivity index (χ1v) is 8.37. The number of fused-ring (bicyclic) bond motifs is 1. The van der Waals surface area contributed by atoms with Crippen LogP contribution in [0.4, 0.5) is 0 Å². The first kappa shape index (κ1) is 13.9. The number of aromatic nitrogens is 5. The third-order valence-corrected chi connectivity index (χ3v) is 5.07. The smallest absolute Gasteiger partial charge is 0.136 e. The fraction of sp³-hybridized carbons (Fsp3) is 0.688. The average Bonchev–Trinajstić information content (AvgIpc) is 3.23. The molecule has 0 aliphatic carbocycles. The van der Waals surface area contributed by atoms with Gasteiger partial charge >= 0.3 is 0 Å². The van der Waals surface area contributed by atoms with Crippen LogP contribution < -0.4 is 0 Å². The van der Waals surface area contributed by atoms with Gasteiger partial charge in [0.05, 0.1) is 6.33 Å². The van der Waals surface area contributed by atoms with Crippen molar-refractivity contribution < 1.29 is 4.74 Å². The van der Waals surface area contributed by atoms with Crippen molar-refractivity contribution in [3.8, 4) is 0 Å². The van der Waals surface area contributed by atoms with E-state index in [-0.39, 0.29) is 0 Å². The van der Waals surface area contributed by atoms with Crippen LogP contribution in [0.15, 0.2) is 18.7 Å². The van der Waals surface area contributed by atoms with Crippen molar-refractivity contribution in [2.24, 2.45) is 5.92 Å². The van der Waals surface area contributed by atoms with E-state index in [1.54, 1.807) is 0 Å². The summed E-state index contributed by atoms with van der Waals surface area (Å²) in [5, 5.41) is 9.05. The molecule has 0 saturated carbocycles. The summed E-state index contributed by atoms with van der Waals surface area (Å²) in [6, 6.07) is 0. The fourth-order valence-electron chi connectivity index (χ4n) is 3.86. The molecule has 0 spiro atoms. The molecule has 1 atom stereocenters. The number of imidazole rings is 1. The average molecular weight is 301 g/mol. The van der Waals surface area contributed by atoms with Gasteiger partial charge in [0, 0.05) is 51.0 Å². The molecule has 6 nitrogen and oxygen atoms in total. The van der Waals surface area contributed by atoms with Gasteiger partial charge in [0.15, 0.2) is 0 Å². The molecule has 2 aliphatic rings. The van der Waals surface area contributed by atoms with Crippen molar-refractivity contribution in [2.75, 3.05) is 13.2 Å².